The SMILES string of the molecule is COc1ccc(NC(=O)Cc2csc(-c3cccnc3)n2)cc1OC1CCCC1. The molecule has 0 spiro atoms. The molecule has 2 aromatic heterocycles. The summed E-state index contributed by atoms with van der Waals surface area (Å²) in [6, 6.07) is 9.30. The van der Waals surface area contributed by atoms with Gasteiger partial charge >= 0.3 is 0 Å². The summed E-state index contributed by atoms with van der Waals surface area (Å²) in [7, 11) is 1.62. The number of ether oxygens (including phenoxy) is 2. The molecule has 0 saturated heterocycles. The number of anilines is 1. The predicted octanol–water partition coefficient (Wildman–Crippen LogP) is 4.72. The van der Waals surface area contributed by atoms with E-state index in [0.29, 0.717) is 17.2 Å². The molecule has 1 saturated carbocycles. The number of benzene rings is 1. The van der Waals surface area contributed by atoms with E-state index in [0.717, 1.165) is 29.1 Å². The summed E-state index contributed by atoms with van der Waals surface area (Å²) in [4.78, 5) is 21.2. The lowest BCUT2D eigenvalue weighted by molar-refractivity contribution is -0.115. The quantitative estimate of drug-likeness (QED) is 0.611. The first-order valence-corrected chi connectivity index (χ1v) is 10.6. The predicted molar refractivity (Wildman–Crippen MR) is 114 cm³/mol. The molecule has 1 aliphatic carbocycles. The molecular formula is C22H23N3O3S. The van der Waals surface area contributed by atoms with Crippen molar-refractivity contribution in [3.8, 4) is 22.1 Å². The van der Waals surface area contributed by atoms with Gasteiger partial charge in [0.2, 0.25) is 5.91 Å². The first-order valence-electron chi connectivity index (χ1n) is 9.70. The molecule has 0 aliphatic heterocycles. The number of rotatable bonds is 7. The van der Waals surface area contributed by atoms with Gasteiger partial charge in [-0.1, -0.05) is 0 Å². The number of amides is 1. The van der Waals surface area contributed by atoms with Crippen molar-refractivity contribution in [1.29, 1.82) is 0 Å². The molecule has 150 valence electrons. The molecular weight excluding hydrogens is 386 g/mol. The zero-order chi connectivity index (χ0) is 20.1. The Hall–Kier alpha value is -2.93. The molecule has 0 bridgehead atoms. The summed E-state index contributed by atoms with van der Waals surface area (Å²) in [6.45, 7) is 0. The van der Waals surface area contributed by atoms with Crippen molar-refractivity contribution in [2.24, 2.45) is 0 Å². The molecule has 3 aromatic rings. The van der Waals surface area contributed by atoms with E-state index in [4.69, 9.17) is 9.47 Å². The average molecular weight is 410 g/mol. The van der Waals surface area contributed by atoms with Crippen molar-refractivity contribution < 1.29 is 14.3 Å². The highest BCUT2D eigenvalue weighted by Gasteiger charge is 2.19. The Kier molecular flexibility index (Phi) is 6.05. The van der Waals surface area contributed by atoms with Gasteiger partial charge in [0, 0.05) is 35.1 Å². The van der Waals surface area contributed by atoms with Crippen molar-refractivity contribution in [3.63, 3.8) is 0 Å². The van der Waals surface area contributed by atoms with Gasteiger partial charge in [-0.05, 0) is 49.9 Å². The molecule has 1 aromatic carbocycles. The summed E-state index contributed by atoms with van der Waals surface area (Å²) < 4.78 is 11.5. The Morgan fingerprint density at radius 1 is 1.24 bits per heavy atom. The number of nitrogens with zero attached hydrogens (tertiary/aromatic N) is 2. The van der Waals surface area contributed by atoms with Crippen LogP contribution in [0.5, 0.6) is 11.5 Å². The lowest BCUT2D eigenvalue weighted by Crippen LogP contribution is -2.15. The number of hydrogen-bond acceptors (Lipinski definition) is 6. The van der Waals surface area contributed by atoms with Crippen LogP contribution in [0.1, 0.15) is 31.4 Å². The largest absolute Gasteiger partial charge is 0.493 e. The van der Waals surface area contributed by atoms with Crippen molar-refractivity contribution in [3.05, 3.63) is 53.8 Å². The van der Waals surface area contributed by atoms with E-state index in [1.807, 2.05) is 35.7 Å². The van der Waals surface area contributed by atoms with Crippen molar-refractivity contribution in [1.82, 2.24) is 9.97 Å². The third-order valence-corrected chi connectivity index (χ3v) is 5.79. The molecule has 4 rings (SSSR count). The second kappa shape index (κ2) is 9.05. The lowest BCUT2D eigenvalue weighted by Gasteiger charge is -2.17. The number of thiazole rings is 1. The van der Waals surface area contributed by atoms with Crippen molar-refractivity contribution >= 4 is 22.9 Å². The minimum atomic E-state index is -0.120. The molecule has 7 heteroatoms. The molecule has 1 N–H and O–H groups in total. The molecule has 2 heterocycles. The summed E-state index contributed by atoms with van der Waals surface area (Å²) in [5, 5.41) is 5.70. The maximum absolute atomic E-state index is 12.5. The highest BCUT2D eigenvalue weighted by molar-refractivity contribution is 7.13. The van der Waals surface area contributed by atoms with Crippen LogP contribution >= 0.6 is 11.3 Å². The number of nitrogens with one attached hydrogen (secondary N) is 1. The molecule has 0 unspecified atom stereocenters. The van der Waals surface area contributed by atoms with Gasteiger partial charge in [-0.25, -0.2) is 4.98 Å². The molecule has 1 amide bonds. The van der Waals surface area contributed by atoms with Crippen LogP contribution in [0.3, 0.4) is 0 Å². The minimum absolute atomic E-state index is 0.120. The van der Waals surface area contributed by atoms with Gasteiger partial charge in [0.25, 0.3) is 0 Å². The van der Waals surface area contributed by atoms with Gasteiger partial charge in [-0.2, -0.15) is 0 Å². The summed E-state index contributed by atoms with van der Waals surface area (Å²) in [5.41, 5.74) is 2.38. The number of methoxy groups -OCH3 is 1. The molecule has 1 fully saturated rings. The van der Waals surface area contributed by atoms with Gasteiger partial charge in [-0.3, -0.25) is 9.78 Å². The Morgan fingerprint density at radius 3 is 2.86 bits per heavy atom. The molecule has 0 atom stereocenters. The Labute approximate surface area is 173 Å². The van der Waals surface area contributed by atoms with Crippen LogP contribution in [-0.4, -0.2) is 29.1 Å². The molecule has 1 aliphatic rings. The Morgan fingerprint density at radius 2 is 2.10 bits per heavy atom. The summed E-state index contributed by atoms with van der Waals surface area (Å²) >= 11 is 1.51. The summed E-state index contributed by atoms with van der Waals surface area (Å²) in [6.07, 6.45) is 8.43. The van der Waals surface area contributed by atoms with Crippen molar-refractivity contribution in [2.75, 3.05) is 12.4 Å². The zero-order valence-electron chi connectivity index (χ0n) is 16.3. The fraction of sp³-hybridized carbons (Fsp3) is 0.318. The van der Waals surface area contributed by atoms with Gasteiger partial charge in [0.05, 0.1) is 25.3 Å². The number of carbonyl (C=O) groups excluding carboxylic acids is 1. The Balaban J connectivity index is 1.41. The third kappa shape index (κ3) is 4.92. The number of hydrogen-bond donors (Lipinski definition) is 1. The first kappa shape index (κ1) is 19.4. The fourth-order valence-electron chi connectivity index (χ4n) is 3.41. The molecule has 29 heavy (non-hydrogen) atoms. The van der Waals surface area contributed by atoms with E-state index >= 15 is 0 Å². The van der Waals surface area contributed by atoms with E-state index in [2.05, 4.69) is 15.3 Å². The number of aromatic nitrogens is 2. The maximum atomic E-state index is 12.5. The van der Waals surface area contributed by atoms with Gasteiger partial charge in [0.1, 0.15) is 5.01 Å². The van der Waals surface area contributed by atoms with E-state index < -0.39 is 0 Å². The van der Waals surface area contributed by atoms with E-state index in [1.54, 1.807) is 19.5 Å². The smallest absolute Gasteiger partial charge is 0.230 e. The van der Waals surface area contributed by atoms with Crippen LogP contribution in [0.2, 0.25) is 0 Å². The van der Waals surface area contributed by atoms with Crippen LogP contribution in [0, 0.1) is 0 Å². The lowest BCUT2D eigenvalue weighted by atomic mass is 10.2. The monoisotopic (exact) mass is 409 g/mol. The molecule has 6 nitrogen and oxygen atoms in total. The topological polar surface area (TPSA) is 73.3 Å². The molecule has 0 radical (unpaired) electrons. The van der Waals surface area contributed by atoms with Crippen LogP contribution in [0.15, 0.2) is 48.1 Å². The first-order chi connectivity index (χ1) is 14.2. The second-order valence-electron chi connectivity index (χ2n) is 7.00. The van der Waals surface area contributed by atoms with E-state index in [-0.39, 0.29) is 18.4 Å². The highest BCUT2D eigenvalue weighted by Crippen LogP contribution is 2.34. The minimum Gasteiger partial charge on any atom is -0.493 e. The fourth-order valence-corrected chi connectivity index (χ4v) is 4.22. The summed E-state index contributed by atoms with van der Waals surface area (Å²) in [5.74, 6) is 1.23. The van der Waals surface area contributed by atoms with Crippen LogP contribution in [0.25, 0.3) is 10.6 Å². The highest BCUT2D eigenvalue weighted by atomic mass is 32.1. The van der Waals surface area contributed by atoms with Crippen molar-refractivity contribution in [2.45, 2.75) is 38.2 Å². The normalized spacial score (nSPS) is 14.0. The third-order valence-electron chi connectivity index (χ3n) is 4.85. The van der Waals surface area contributed by atoms with E-state index in [9.17, 15) is 4.79 Å². The van der Waals surface area contributed by atoms with Gasteiger partial charge in [-0.15, -0.1) is 11.3 Å². The number of pyridine rings is 1. The van der Waals surface area contributed by atoms with Crippen LogP contribution in [0.4, 0.5) is 5.69 Å². The van der Waals surface area contributed by atoms with Gasteiger partial charge < -0.3 is 14.8 Å². The average Bonchev–Trinajstić information content (AvgIpc) is 3.41. The number of carbonyl (C=O) groups is 1. The van der Waals surface area contributed by atoms with Crippen LogP contribution < -0.4 is 14.8 Å². The standard InChI is InChI=1S/C22H23N3O3S/c1-27-19-9-8-16(11-20(19)28-18-6-2-3-7-18)24-21(26)12-17-14-29-22(25-17)15-5-4-10-23-13-15/h4-5,8-11,13-14,18H,2-3,6-7,12H2,1H3,(H,24,26). The maximum Gasteiger partial charge on any atom is 0.230 e. The second-order valence-corrected chi connectivity index (χ2v) is 7.86. The Bertz CT molecular complexity index is 968. The van der Waals surface area contributed by atoms with Gasteiger partial charge in [0.15, 0.2) is 11.5 Å². The van der Waals surface area contributed by atoms with Crippen LogP contribution in [-0.2, 0) is 11.2 Å². The van der Waals surface area contributed by atoms with E-state index in [1.165, 1.54) is 24.2 Å². The zero-order valence-corrected chi connectivity index (χ0v) is 17.1.